The van der Waals surface area contributed by atoms with Gasteiger partial charge in [0.25, 0.3) is 0 Å². The van der Waals surface area contributed by atoms with Gasteiger partial charge in [-0.05, 0) is 49.2 Å². The minimum Gasteiger partial charge on any atom is -0.384 e. The number of carbonyl (C=O) groups excluding carboxylic acids is 1. The van der Waals surface area contributed by atoms with Gasteiger partial charge in [-0.1, -0.05) is 0 Å². The van der Waals surface area contributed by atoms with Gasteiger partial charge in [0.2, 0.25) is 5.78 Å². The molecule has 0 spiro atoms. The van der Waals surface area contributed by atoms with Gasteiger partial charge in [0, 0.05) is 22.7 Å². The molecule has 17 heavy (non-hydrogen) atoms. The van der Waals surface area contributed by atoms with E-state index < -0.39 is 0 Å². The molecule has 3 rings (SSSR count). The van der Waals surface area contributed by atoms with Crippen molar-refractivity contribution in [3.63, 3.8) is 0 Å². The third-order valence-corrected chi connectivity index (χ3v) is 4.04. The number of benzene rings is 1. The first-order valence-corrected chi connectivity index (χ1v) is 6.53. The highest BCUT2D eigenvalue weighted by molar-refractivity contribution is 7.14. The Morgan fingerprint density at radius 1 is 1.29 bits per heavy atom. The maximum absolute atomic E-state index is 12.2. The van der Waals surface area contributed by atoms with Gasteiger partial charge in [0.05, 0.1) is 4.88 Å². The Morgan fingerprint density at radius 2 is 2.18 bits per heavy atom. The quantitative estimate of drug-likeness (QED) is 0.820. The van der Waals surface area contributed by atoms with Crippen LogP contribution in [0.3, 0.4) is 0 Å². The number of ketones is 1. The number of thiophene rings is 1. The monoisotopic (exact) mass is 243 g/mol. The SMILES string of the molecule is Cc1ccc(C(=O)c2ccc3c(c2)CCN3)s1. The average molecular weight is 243 g/mol. The summed E-state index contributed by atoms with van der Waals surface area (Å²) < 4.78 is 0. The van der Waals surface area contributed by atoms with Crippen molar-refractivity contribution in [1.82, 2.24) is 0 Å². The lowest BCUT2D eigenvalue weighted by Crippen LogP contribution is -1.99. The van der Waals surface area contributed by atoms with Crippen LogP contribution in [0.2, 0.25) is 0 Å². The minimum absolute atomic E-state index is 0.137. The number of hydrogen-bond acceptors (Lipinski definition) is 3. The highest BCUT2D eigenvalue weighted by Gasteiger charge is 2.15. The van der Waals surface area contributed by atoms with Gasteiger partial charge >= 0.3 is 0 Å². The molecule has 2 heterocycles. The minimum atomic E-state index is 0.137. The molecule has 2 nitrogen and oxygen atoms in total. The van der Waals surface area contributed by atoms with Crippen LogP contribution < -0.4 is 5.32 Å². The molecule has 1 aliphatic rings. The largest absolute Gasteiger partial charge is 0.384 e. The maximum atomic E-state index is 12.2. The molecule has 0 bridgehead atoms. The number of anilines is 1. The lowest BCUT2D eigenvalue weighted by atomic mass is 10.0. The summed E-state index contributed by atoms with van der Waals surface area (Å²) in [5.74, 6) is 0.137. The molecule has 1 aromatic carbocycles. The molecule has 86 valence electrons. The highest BCUT2D eigenvalue weighted by atomic mass is 32.1. The molecular weight excluding hydrogens is 230 g/mol. The Balaban J connectivity index is 1.97. The van der Waals surface area contributed by atoms with E-state index >= 15 is 0 Å². The average Bonchev–Trinajstić information content (AvgIpc) is 2.95. The zero-order valence-corrected chi connectivity index (χ0v) is 10.4. The standard InChI is InChI=1S/C14H13NOS/c1-9-2-5-13(17-9)14(16)11-3-4-12-10(8-11)6-7-15-12/h2-5,8,15H,6-7H2,1H3. The second kappa shape index (κ2) is 4.00. The molecule has 1 aromatic heterocycles. The summed E-state index contributed by atoms with van der Waals surface area (Å²) in [6, 6.07) is 9.85. The fourth-order valence-electron chi connectivity index (χ4n) is 2.14. The van der Waals surface area contributed by atoms with Crippen molar-refractivity contribution in [2.45, 2.75) is 13.3 Å². The molecule has 0 atom stereocenters. The maximum Gasteiger partial charge on any atom is 0.202 e. The van der Waals surface area contributed by atoms with Gasteiger partial charge in [-0.15, -0.1) is 11.3 Å². The van der Waals surface area contributed by atoms with Crippen LogP contribution in [-0.4, -0.2) is 12.3 Å². The van der Waals surface area contributed by atoms with Crippen molar-refractivity contribution in [2.24, 2.45) is 0 Å². The van der Waals surface area contributed by atoms with E-state index in [4.69, 9.17) is 0 Å². The molecule has 1 N–H and O–H groups in total. The summed E-state index contributed by atoms with van der Waals surface area (Å²) in [6.07, 6.45) is 1.01. The van der Waals surface area contributed by atoms with Crippen LogP contribution in [0.15, 0.2) is 30.3 Å². The molecule has 0 unspecified atom stereocenters. The lowest BCUT2D eigenvalue weighted by molar-refractivity contribution is 0.104. The zero-order valence-electron chi connectivity index (χ0n) is 9.62. The van der Waals surface area contributed by atoms with Crippen molar-refractivity contribution >= 4 is 22.8 Å². The van der Waals surface area contributed by atoms with E-state index in [1.54, 1.807) is 11.3 Å². The number of aryl methyl sites for hydroxylation is 1. The number of hydrogen-bond donors (Lipinski definition) is 1. The first kappa shape index (κ1) is 10.5. The molecule has 0 aliphatic carbocycles. The fraction of sp³-hybridized carbons (Fsp3) is 0.214. The number of nitrogens with one attached hydrogen (secondary N) is 1. The van der Waals surface area contributed by atoms with E-state index in [1.807, 2.05) is 37.3 Å². The fourth-order valence-corrected chi connectivity index (χ4v) is 2.97. The normalized spacial score (nSPS) is 13.2. The molecule has 0 saturated heterocycles. The molecular formula is C14H13NOS. The van der Waals surface area contributed by atoms with Crippen LogP contribution in [0.4, 0.5) is 5.69 Å². The first-order valence-electron chi connectivity index (χ1n) is 5.72. The Morgan fingerprint density at radius 3 is 2.94 bits per heavy atom. The Kier molecular flexibility index (Phi) is 2.48. The summed E-state index contributed by atoms with van der Waals surface area (Å²) in [4.78, 5) is 14.3. The van der Waals surface area contributed by atoms with Gasteiger partial charge in [-0.2, -0.15) is 0 Å². The van der Waals surface area contributed by atoms with Crippen molar-refractivity contribution in [3.8, 4) is 0 Å². The summed E-state index contributed by atoms with van der Waals surface area (Å²) in [6.45, 7) is 3.00. The van der Waals surface area contributed by atoms with E-state index in [1.165, 1.54) is 16.1 Å². The lowest BCUT2D eigenvalue weighted by Gasteiger charge is -2.02. The van der Waals surface area contributed by atoms with Gasteiger partial charge in [-0.3, -0.25) is 4.79 Å². The van der Waals surface area contributed by atoms with E-state index in [0.29, 0.717) is 0 Å². The molecule has 0 fully saturated rings. The van der Waals surface area contributed by atoms with E-state index in [-0.39, 0.29) is 5.78 Å². The number of rotatable bonds is 2. The Labute approximate surface area is 104 Å². The van der Waals surface area contributed by atoms with Crippen LogP contribution in [-0.2, 0) is 6.42 Å². The van der Waals surface area contributed by atoms with Crippen molar-refractivity contribution in [2.75, 3.05) is 11.9 Å². The molecule has 0 radical (unpaired) electrons. The molecule has 0 amide bonds. The van der Waals surface area contributed by atoms with E-state index in [2.05, 4.69) is 5.32 Å². The highest BCUT2D eigenvalue weighted by Crippen LogP contribution is 2.25. The Hall–Kier alpha value is -1.61. The summed E-state index contributed by atoms with van der Waals surface area (Å²) in [5, 5.41) is 3.30. The molecule has 3 heteroatoms. The second-order valence-electron chi connectivity index (χ2n) is 4.29. The topological polar surface area (TPSA) is 29.1 Å². The van der Waals surface area contributed by atoms with Crippen molar-refractivity contribution in [1.29, 1.82) is 0 Å². The van der Waals surface area contributed by atoms with Crippen LogP contribution in [0.5, 0.6) is 0 Å². The van der Waals surface area contributed by atoms with Gasteiger partial charge in [0.1, 0.15) is 0 Å². The molecule has 0 saturated carbocycles. The van der Waals surface area contributed by atoms with Crippen LogP contribution in [0.25, 0.3) is 0 Å². The van der Waals surface area contributed by atoms with Gasteiger partial charge in [0.15, 0.2) is 0 Å². The van der Waals surface area contributed by atoms with Crippen LogP contribution >= 0.6 is 11.3 Å². The second-order valence-corrected chi connectivity index (χ2v) is 5.58. The zero-order chi connectivity index (χ0) is 11.8. The number of carbonyl (C=O) groups is 1. The number of fused-ring (bicyclic) bond motifs is 1. The Bertz CT molecular complexity index is 586. The third-order valence-electron chi connectivity index (χ3n) is 3.04. The smallest absolute Gasteiger partial charge is 0.202 e. The summed E-state index contributed by atoms with van der Waals surface area (Å²) >= 11 is 1.56. The summed E-state index contributed by atoms with van der Waals surface area (Å²) in [5.41, 5.74) is 3.22. The van der Waals surface area contributed by atoms with Crippen LogP contribution in [0, 0.1) is 6.92 Å². The van der Waals surface area contributed by atoms with Crippen LogP contribution in [0.1, 0.15) is 25.7 Å². The van der Waals surface area contributed by atoms with Crippen molar-refractivity contribution < 1.29 is 4.79 Å². The van der Waals surface area contributed by atoms with Crippen molar-refractivity contribution in [3.05, 3.63) is 51.2 Å². The van der Waals surface area contributed by atoms with E-state index in [9.17, 15) is 4.79 Å². The van der Waals surface area contributed by atoms with Gasteiger partial charge < -0.3 is 5.32 Å². The molecule has 2 aromatic rings. The third kappa shape index (κ3) is 1.87. The van der Waals surface area contributed by atoms with E-state index in [0.717, 1.165) is 23.4 Å². The first-order chi connectivity index (χ1) is 8.24. The predicted molar refractivity (Wildman–Crippen MR) is 71.1 cm³/mol. The molecule has 1 aliphatic heterocycles. The predicted octanol–water partition coefficient (Wildman–Crippen LogP) is 3.26. The summed E-state index contributed by atoms with van der Waals surface area (Å²) in [7, 11) is 0. The van der Waals surface area contributed by atoms with Gasteiger partial charge in [-0.25, -0.2) is 0 Å².